The van der Waals surface area contributed by atoms with E-state index in [1.54, 1.807) is 0 Å². The van der Waals surface area contributed by atoms with Crippen LogP contribution in [0.4, 0.5) is 0 Å². The number of rotatable bonds is 11. The molecular weight excluding hydrogens is 507 g/mol. The van der Waals surface area contributed by atoms with Gasteiger partial charge in [-0.2, -0.15) is 0 Å². The van der Waals surface area contributed by atoms with Gasteiger partial charge in [0.25, 0.3) is 0 Å². The molecular formula is C29H51O8P. The van der Waals surface area contributed by atoms with Crippen LogP contribution in [0.25, 0.3) is 0 Å². The molecule has 4 aliphatic carbocycles. The molecule has 0 bridgehead atoms. The molecule has 220 valence electrons. The summed E-state index contributed by atoms with van der Waals surface area (Å²) in [5.41, 5.74) is 0.616. The fourth-order valence-corrected chi connectivity index (χ4v) is 9.88. The van der Waals surface area contributed by atoms with Crippen LogP contribution in [0.15, 0.2) is 0 Å². The van der Waals surface area contributed by atoms with Crippen molar-refractivity contribution in [1.82, 2.24) is 0 Å². The van der Waals surface area contributed by atoms with Crippen LogP contribution in [0.5, 0.6) is 0 Å². The van der Waals surface area contributed by atoms with Crippen molar-refractivity contribution in [3.63, 3.8) is 0 Å². The van der Waals surface area contributed by atoms with E-state index >= 15 is 0 Å². The maximum absolute atomic E-state index is 12.2. The van der Waals surface area contributed by atoms with Crippen molar-refractivity contribution in [1.29, 1.82) is 0 Å². The molecule has 10 unspecified atom stereocenters. The summed E-state index contributed by atoms with van der Waals surface area (Å²) in [5.74, 6) is 3.08. The molecule has 0 aliphatic heterocycles. The van der Waals surface area contributed by atoms with E-state index in [1.807, 2.05) is 0 Å². The number of fused-ring (bicyclic) bond motifs is 5. The molecule has 4 fully saturated rings. The van der Waals surface area contributed by atoms with Gasteiger partial charge in [-0.3, -0.25) is 4.79 Å². The molecule has 9 heteroatoms. The fourth-order valence-electron chi connectivity index (χ4n) is 9.69. The van der Waals surface area contributed by atoms with Crippen LogP contribution in [0.3, 0.4) is 0 Å². The van der Waals surface area contributed by atoms with Gasteiger partial charge in [0.15, 0.2) is 0 Å². The maximum Gasteiger partial charge on any atom is 0.472 e. The third-order valence-electron chi connectivity index (χ3n) is 11.4. The smallest absolute Gasteiger partial charge is 0.438 e. The summed E-state index contributed by atoms with van der Waals surface area (Å²) in [7, 11) is -4.64. The largest absolute Gasteiger partial charge is 0.472 e. The normalized spacial score (nSPS) is 41.6. The predicted molar refractivity (Wildman–Crippen MR) is 144 cm³/mol. The molecule has 38 heavy (non-hydrogen) atoms. The topological polar surface area (TPSA) is 112 Å². The summed E-state index contributed by atoms with van der Waals surface area (Å²) < 4.78 is 32.6. The highest BCUT2D eigenvalue weighted by molar-refractivity contribution is 7.46. The highest BCUT2D eigenvalue weighted by Crippen LogP contribution is 2.68. The van der Waals surface area contributed by atoms with Gasteiger partial charge in [-0.1, -0.05) is 20.8 Å². The third-order valence-corrected chi connectivity index (χ3v) is 11.8. The van der Waals surface area contributed by atoms with E-state index in [0.717, 1.165) is 19.6 Å². The van der Waals surface area contributed by atoms with Gasteiger partial charge in [0.05, 0.1) is 12.2 Å². The van der Waals surface area contributed by atoms with Crippen molar-refractivity contribution in [3.8, 4) is 0 Å². The Hall–Kier alpha value is -0.500. The van der Waals surface area contributed by atoms with Gasteiger partial charge in [0, 0.05) is 19.6 Å². The lowest BCUT2D eigenvalue weighted by atomic mass is 9.43. The molecule has 0 radical (unpaired) electrons. The van der Waals surface area contributed by atoms with Gasteiger partial charge in [0.2, 0.25) is 6.79 Å². The van der Waals surface area contributed by atoms with E-state index in [4.69, 9.17) is 24.0 Å². The highest BCUT2D eigenvalue weighted by Gasteiger charge is 2.63. The minimum absolute atomic E-state index is 0.233. The molecule has 4 saturated carbocycles. The number of carbonyl (C=O) groups is 1. The van der Waals surface area contributed by atoms with E-state index in [0.29, 0.717) is 59.6 Å². The van der Waals surface area contributed by atoms with Crippen molar-refractivity contribution < 1.29 is 37.9 Å². The maximum atomic E-state index is 12.2. The molecule has 4 aliphatic rings. The number of phosphoric ester groups is 1. The minimum atomic E-state index is -4.64. The average Bonchev–Trinajstić information content (AvgIpc) is 3.20. The lowest BCUT2D eigenvalue weighted by molar-refractivity contribution is -0.190. The van der Waals surface area contributed by atoms with Crippen LogP contribution in [0, 0.1) is 46.3 Å². The van der Waals surface area contributed by atoms with Crippen LogP contribution >= 0.6 is 7.82 Å². The second-order valence-electron chi connectivity index (χ2n) is 13.1. The van der Waals surface area contributed by atoms with E-state index in [-0.39, 0.29) is 11.8 Å². The fraction of sp³-hybridized carbons (Fsp3) is 0.966. The van der Waals surface area contributed by atoms with Crippen molar-refractivity contribution >= 4 is 13.8 Å². The van der Waals surface area contributed by atoms with Gasteiger partial charge >= 0.3 is 13.8 Å². The molecule has 0 aromatic heterocycles. The van der Waals surface area contributed by atoms with Crippen LogP contribution in [0.1, 0.15) is 98.8 Å². The third kappa shape index (κ3) is 6.21. The van der Waals surface area contributed by atoms with Gasteiger partial charge in [-0.25, -0.2) is 9.09 Å². The van der Waals surface area contributed by atoms with Crippen molar-refractivity contribution in [2.24, 2.45) is 46.3 Å². The highest BCUT2D eigenvalue weighted by atomic mass is 31.2. The van der Waals surface area contributed by atoms with Crippen molar-refractivity contribution in [2.45, 2.75) is 111 Å². The zero-order chi connectivity index (χ0) is 27.7. The molecule has 0 spiro atoms. The summed E-state index contributed by atoms with van der Waals surface area (Å²) in [6, 6.07) is 0. The van der Waals surface area contributed by atoms with Crippen LogP contribution in [-0.4, -0.2) is 48.0 Å². The lowest BCUT2D eigenvalue weighted by Gasteiger charge is -2.63. The molecule has 4 rings (SSSR count). The summed E-state index contributed by atoms with van der Waals surface area (Å²) in [6.07, 6.45) is 11.4. The molecule has 0 amide bonds. The summed E-state index contributed by atoms with van der Waals surface area (Å²) in [6.45, 7) is 12.5. The van der Waals surface area contributed by atoms with Gasteiger partial charge in [-0.05, 0) is 118 Å². The van der Waals surface area contributed by atoms with E-state index in [1.165, 1.54) is 44.9 Å². The predicted octanol–water partition coefficient (Wildman–Crippen LogP) is 6.09. The Bertz CT molecular complexity index is 862. The standard InChI is InChI=1S/C29H51O8P/c1-6-34-21-12-14-28(4)20(16-21)17-25(35-7-2)27-23-10-9-22(29(23,5)15-13-24(27)28)19(3)8-11-26(30)36-18-37-38(31,32)33/h19-25,27H,6-18H2,1-5H3,(H2,31,32,33). The Morgan fingerprint density at radius 1 is 0.974 bits per heavy atom. The first-order valence-electron chi connectivity index (χ1n) is 15.0. The van der Waals surface area contributed by atoms with Crippen LogP contribution in [-0.2, 0) is 28.1 Å². The van der Waals surface area contributed by atoms with Crippen molar-refractivity contribution in [2.75, 3.05) is 20.0 Å². The zero-order valence-electron chi connectivity index (χ0n) is 24.1. The number of hydrogen-bond acceptors (Lipinski definition) is 6. The lowest BCUT2D eigenvalue weighted by Crippen LogP contribution is -2.59. The molecule has 2 N–H and O–H groups in total. The average molecular weight is 559 g/mol. The number of esters is 1. The Morgan fingerprint density at radius 3 is 2.34 bits per heavy atom. The van der Waals surface area contributed by atoms with E-state index in [2.05, 4.69) is 39.1 Å². The van der Waals surface area contributed by atoms with Crippen molar-refractivity contribution in [3.05, 3.63) is 0 Å². The first kappa shape index (κ1) is 30.5. The first-order chi connectivity index (χ1) is 17.9. The number of ether oxygens (including phenoxy) is 3. The molecule has 0 saturated heterocycles. The van der Waals surface area contributed by atoms with Gasteiger partial charge in [0.1, 0.15) is 0 Å². The van der Waals surface area contributed by atoms with E-state index < -0.39 is 20.6 Å². The quantitative estimate of drug-likeness (QED) is 0.178. The first-order valence-corrected chi connectivity index (χ1v) is 16.5. The Labute approximate surface area is 229 Å². The number of hydrogen-bond donors (Lipinski definition) is 2. The van der Waals surface area contributed by atoms with Gasteiger partial charge < -0.3 is 24.0 Å². The van der Waals surface area contributed by atoms with Gasteiger partial charge in [-0.15, -0.1) is 0 Å². The number of phosphoric acid groups is 1. The zero-order valence-corrected chi connectivity index (χ0v) is 25.0. The Kier molecular flexibility index (Phi) is 9.75. The summed E-state index contributed by atoms with van der Waals surface area (Å²) in [5, 5.41) is 0. The number of carbonyl (C=O) groups excluding carboxylic acids is 1. The minimum Gasteiger partial charge on any atom is -0.438 e. The molecule has 0 aromatic rings. The molecule has 8 nitrogen and oxygen atoms in total. The molecule has 0 heterocycles. The van der Waals surface area contributed by atoms with E-state index in [9.17, 15) is 9.36 Å². The monoisotopic (exact) mass is 558 g/mol. The second-order valence-corrected chi connectivity index (χ2v) is 14.3. The van der Waals surface area contributed by atoms with Crippen LogP contribution < -0.4 is 0 Å². The molecule has 0 aromatic carbocycles. The van der Waals surface area contributed by atoms with Crippen LogP contribution in [0.2, 0.25) is 0 Å². The summed E-state index contributed by atoms with van der Waals surface area (Å²) >= 11 is 0. The Morgan fingerprint density at radius 2 is 1.66 bits per heavy atom. The second kappa shape index (κ2) is 12.2. The molecule has 10 atom stereocenters. The SMILES string of the molecule is CCOC1CCC2(C)C(C1)CC(OCC)C1C2CCC2(C)C(C(C)CCC(=O)OCOP(=O)(O)O)CCC12. The summed E-state index contributed by atoms with van der Waals surface area (Å²) in [4.78, 5) is 29.7. The Balaban J connectivity index is 1.43.